The molecule has 0 atom stereocenters. The van der Waals surface area contributed by atoms with Gasteiger partial charge in [-0.25, -0.2) is 0 Å². The lowest BCUT2D eigenvalue weighted by Crippen LogP contribution is -2.14. The van der Waals surface area contributed by atoms with Crippen LogP contribution in [-0.2, 0) is 10.8 Å². The van der Waals surface area contributed by atoms with Crippen molar-refractivity contribution in [1.29, 1.82) is 0 Å². The minimum Gasteiger partial charge on any atom is -0.418 e. The first-order valence-corrected chi connectivity index (χ1v) is 10.1. The molecule has 0 saturated heterocycles. The van der Waals surface area contributed by atoms with E-state index in [1.165, 1.54) is 11.1 Å². The monoisotopic (exact) mass is 374 g/mol. The second-order valence-electron chi connectivity index (χ2n) is 8.92. The van der Waals surface area contributed by atoms with Gasteiger partial charge < -0.3 is 13.9 Å². The smallest absolute Gasteiger partial charge is 0.418 e. The first-order chi connectivity index (χ1) is 11.9. The van der Waals surface area contributed by atoms with E-state index in [-0.39, 0.29) is 10.8 Å². The van der Waals surface area contributed by atoms with Crippen LogP contribution in [0.15, 0.2) is 36.4 Å². The fourth-order valence-electron chi connectivity index (χ4n) is 2.81. The standard InChI is InChI=1S/C22H31O3P/c1-15-9-11-19(17(13-15)21(3,4)5)24-26(23)25-20-12-10-16(2)14-18(20)22(6,7)8/h9-14,23H,1-8H3. The summed E-state index contributed by atoms with van der Waals surface area (Å²) in [5, 5.41) is 0. The topological polar surface area (TPSA) is 38.7 Å². The quantitative estimate of drug-likeness (QED) is 0.615. The van der Waals surface area contributed by atoms with Crippen LogP contribution < -0.4 is 9.05 Å². The average molecular weight is 374 g/mol. The minimum atomic E-state index is -2.08. The number of hydrogen-bond acceptors (Lipinski definition) is 3. The second-order valence-corrected chi connectivity index (χ2v) is 9.76. The Morgan fingerprint density at radius 2 is 1.04 bits per heavy atom. The van der Waals surface area contributed by atoms with Gasteiger partial charge in [-0.3, -0.25) is 0 Å². The van der Waals surface area contributed by atoms with Gasteiger partial charge in [0.2, 0.25) is 0 Å². The maximum atomic E-state index is 10.5. The highest BCUT2D eigenvalue weighted by atomic mass is 31.2. The van der Waals surface area contributed by atoms with Crippen molar-refractivity contribution >= 4 is 8.60 Å². The van der Waals surface area contributed by atoms with E-state index in [4.69, 9.17) is 9.05 Å². The van der Waals surface area contributed by atoms with Crippen LogP contribution in [0, 0.1) is 13.8 Å². The van der Waals surface area contributed by atoms with Crippen LogP contribution in [0.5, 0.6) is 11.5 Å². The summed E-state index contributed by atoms with van der Waals surface area (Å²) in [6, 6.07) is 12.0. The maximum absolute atomic E-state index is 10.5. The Kier molecular flexibility index (Phi) is 6.05. The number of hydrogen-bond donors (Lipinski definition) is 1. The Morgan fingerprint density at radius 1 is 0.692 bits per heavy atom. The summed E-state index contributed by atoms with van der Waals surface area (Å²) >= 11 is 0. The van der Waals surface area contributed by atoms with Crippen LogP contribution in [0.1, 0.15) is 63.8 Å². The van der Waals surface area contributed by atoms with Crippen LogP contribution >= 0.6 is 8.60 Å². The molecular formula is C22H31O3P. The predicted molar refractivity (Wildman–Crippen MR) is 110 cm³/mol. The van der Waals surface area contributed by atoms with Crippen molar-refractivity contribution < 1.29 is 13.9 Å². The molecule has 0 radical (unpaired) electrons. The van der Waals surface area contributed by atoms with Gasteiger partial charge in [-0.15, -0.1) is 0 Å². The molecule has 0 fully saturated rings. The molecule has 0 bridgehead atoms. The highest BCUT2D eigenvalue weighted by Gasteiger charge is 2.25. The summed E-state index contributed by atoms with van der Waals surface area (Å²) in [5.74, 6) is 1.34. The molecule has 4 heteroatoms. The molecule has 0 aliphatic carbocycles. The fourth-order valence-corrected chi connectivity index (χ4v) is 3.50. The van der Waals surface area contributed by atoms with E-state index in [1.54, 1.807) is 0 Å². The molecule has 2 aromatic rings. The summed E-state index contributed by atoms with van der Waals surface area (Å²) in [6.45, 7) is 16.9. The van der Waals surface area contributed by atoms with Crippen molar-refractivity contribution in [2.75, 3.05) is 0 Å². The molecule has 0 saturated carbocycles. The Balaban J connectivity index is 2.27. The van der Waals surface area contributed by atoms with Crippen LogP contribution in [0.2, 0.25) is 0 Å². The highest BCUT2D eigenvalue weighted by molar-refractivity contribution is 7.41. The summed E-state index contributed by atoms with van der Waals surface area (Å²) in [5.41, 5.74) is 4.28. The lowest BCUT2D eigenvalue weighted by atomic mass is 9.85. The van der Waals surface area contributed by atoms with Gasteiger partial charge in [0.1, 0.15) is 11.5 Å². The Morgan fingerprint density at radius 3 is 1.35 bits per heavy atom. The lowest BCUT2D eigenvalue weighted by molar-refractivity contribution is 0.371. The molecule has 0 unspecified atom stereocenters. The Bertz CT molecular complexity index is 704. The van der Waals surface area contributed by atoms with Gasteiger partial charge in [-0.1, -0.05) is 76.9 Å². The molecule has 3 nitrogen and oxygen atoms in total. The fraction of sp³-hybridized carbons (Fsp3) is 0.455. The molecule has 26 heavy (non-hydrogen) atoms. The zero-order chi connectivity index (χ0) is 19.7. The normalized spacial score (nSPS) is 12.4. The summed E-state index contributed by atoms with van der Waals surface area (Å²) < 4.78 is 11.7. The van der Waals surface area contributed by atoms with Gasteiger partial charge in [0, 0.05) is 11.1 Å². The van der Waals surface area contributed by atoms with Crippen LogP contribution in [0.4, 0.5) is 0 Å². The van der Waals surface area contributed by atoms with E-state index in [0.29, 0.717) is 11.5 Å². The molecule has 142 valence electrons. The highest BCUT2D eigenvalue weighted by Crippen LogP contribution is 2.44. The van der Waals surface area contributed by atoms with Crippen LogP contribution in [0.25, 0.3) is 0 Å². The molecule has 0 spiro atoms. The van der Waals surface area contributed by atoms with Gasteiger partial charge in [0.25, 0.3) is 0 Å². The van der Waals surface area contributed by atoms with E-state index >= 15 is 0 Å². The average Bonchev–Trinajstić information content (AvgIpc) is 2.49. The molecule has 0 aliphatic rings. The SMILES string of the molecule is Cc1ccc(OP(O)Oc2ccc(C)cc2C(C)(C)C)c(C(C)(C)C)c1. The maximum Gasteiger partial charge on any atom is 0.460 e. The molecule has 2 aromatic carbocycles. The first-order valence-electron chi connectivity index (χ1n) is 8.95. The van der Waals surface area contributed by atoms with Crippen molar-refractivity contribution in [2.45, 2.75) is 66.2 Å². The Labute approximate surface area is 159 Å². The second kappa shape index (κ2) is 7.58. The zero-order valence-corrected chi connectivity index (χ0v) is 18.1. The minimum absolute atomic E-state index is 0.0854. The summed E-state index contributed by atoms with van der Waals surface area (Å²) in [4.78, 5) is 10.5. The molecule has 0 aliphatic heterocycles. The van der Waals surface area contributed by atoms with Gasteiger partial charge in [0.15, 0.2) is 0 Å². The van der Waals surface area contributed by atoms with Crippen LogP contribution in [0.3, 0.4) is 0 Å². The largest absolute Gasteiger partial charge is 0.460 e. The number of aryl methyl sites for hydroxylation is 2. The van der Waals surface area contributed by atoms with E-state index in [1.807, 2.05) is 24.3 Å². The van der Waals surface area contributed by atoms with E-state index in [2.05, 4.69) is 67.5 Å². The Hall–Kier alpha value is -1.57. The molecule has 0 heterocycles. The lowest BCUT2D eigenvalue weighted by Gasteiger charge is -2.26. The van der Waals surface area contributed by atoms with Gasteiger partial charge in [0.05, 0.1) is 0 Å². The van der Waals surface area contributed by atoms with Crippen molar-refractivity contribution in [2.24, 2.45) is 0 Å². The molecule has 0 aromatic heterocycles. The van der Waals surface area contributed by atoms with E-state index < -0.39 is 8.60 Å². The summed E-state index contributed by atoms with van der Waals surface area (Å²) in [7, 11) is -2.08. The number of benzene rings is 2. The van der Waals surface area contributed by atoms with Gasteiger partial charge in [-0.05, 0) is 36.8 Å². The van der Waals surface area contributed by atoms with Gasteiger partial charge in [-0.2, -0.15) is 0 Å². The van der Waals surface area contributed by atoms with Gasteiger partial charge >= 0.3 is 8.60 Å². The predicted octanol–water partition coefficient (Wildman–Crippen LogP) is 6.58. The van der Waals surface area contributed by atoms with Crippen molar-refractivity contribution in [3.8, 4) is 11.5 Å². The third-order valence-corrected chi connectivity index (χ3v) is 4.94. The zero-order valence-electron chi connectivity index (χ0n) is 17.2. The van der Waals surface area contributed by atoms with Crippen LogP contribution in [-0.4, -0.2) is 4.89 Å². The molecular weight excluding hydrogens is 343 g/mol. The number of rotatable bonds is 4. The van der Waals surface area contributed by atoms with E-state index in [9.17, 15) is 4.89 Å². The molecule has 2 rings (SSSR count). The molecule has 1 N–H and O–H groups in total. The van der Waals surface area contributed by atoms with Crippen molar-refractivity contribution in [3.63, 3.8) is 0 Å². The van der Waals surface area contributed by atoms with E-state index in [0.717, 1.165) is 11.1 Å². The first kappa shape index (κ1) is 20.7. The van der Waals surface area contributed by atoms with Crippen molar-refractivity contribution in [3.05, 3.63) is 58.7 Å². The third kappa shape index (κ3) is 5.22. The third-order valence-electron chi connectivity index (χ3n) is 4.24. The van der Waals surface area contributed by atoms with Crippen molar-refractivity contribution in [1.82, 2.24) is 0 Å². The summed E-state index contributed by atoms with van der Waals surface area (Å²) in [6.07, 6.45) is 0. The molecule has 0 amide bonds.